The van der Waals surface area contributed by atoms with E-state index in [4.69, 9.17) is 4.74 Å². The van der Waals surface area contributed by atoms with Gasteiger partial charge in [0.15, 0.2) is 0 Å². The summed E-state index contributed by atoms with van der Waals surface area (Å²) in [6.07, 6.45) is -0.00541. The zero-order chi connectivity index (χ0) is 21.3. The van der Waals surface area contributed by atoms with Crippen LogP contribution in [0.25, 0.3) is 11.1 Å². The summed E-state index contributed by atoms with van der Waals surface area (Å²) in [5.41, 5.74) is 5.26. The van der Waals surface area contributed by atoms with Crippen molar-refractivity contribution in [2.24, 2.45) is 0 Å². The average molecular weight is 404 g/mol. The van der Waals surface area contributed by atoms with Gasteiger partial charge in [-0.3, -0.25) is 9.59 Å². The Kier molecular flexibility index (Phi) is 5.37. The Bertz CT molecular complexity index is 1110. The first-order valence-electron chi connectivity index (χ1n) is 9.81. The fourth-order valence-electron chi connectivity index (χ4n) is 3.71. The summed E-state index contributed by atoms with van der Waals surface area (Å²) in [6.45, 7) is 4.21. The number of methoxy groups -OCH3 is 1. The molecule has 0 bridgehead atoms. The Hall–Kier alpha value is -3.45. The number of aryl methyl sites for hydroxylation is 2. The topological polar surface area (TPSA) is 85.2 Å². The second-order valence-corrected chi connectivity index (χ2v) is 7.49. The Morgan fingerprint density at radius 3 is 2.70 bits per heavy atom. The van der Waals surface area contributed by atoms with Crippen LogP contribution in [0.3, 0.4) is 0 Å². The molecule has 3 aromatic rings. The molecule has 1 aliphatic heterocycles. The molecule has 1 aromatic heterocycles. The lowest BCUT2D eigenvalue weighted by Crippen LogP contribution is -2.24. The van der Waals surface area contributed by atoms with Gasteiger partial charge in [0.25, 0.3) is 5.91 Å². The van der Waals surface area contributed by atoms with Crippen molar-refractivity contribution in [1.82, 2.24) is 9.78 Å². The van der Waals surface area contributed by atoms with Gasteiger partial charge in [-0.2, -0.15) is 5.10 Å². The van der Waals surface area contributed by atoms with E-state index in [0.717, 1.165) is 33.6 Å². The number of fused-ring (bicyclic) bond motifs is 1. The average Bonchev–Trinajstić information content (AvgIpc) is 3.21. The lowest BCUT2D eigenvalue weighted by molar-refractivity contribution is -0.123. The maximum absolute atomic E-state index is 12.7. The van der Waals surface area contributed by atoms with Gasteiger partial charge >= 0.3 is 0 Å². The molecule has 154 valence electrons. The van der Waals surface area contributed by atoms with Crippen LogP contribution >= 0.6 is 0 Å². The number of nitrogens with one attached hydrogen (secondary N) is 2. The van der Waals surface area contributed by atoms with Gasteiger partial charge in [0.05, 0.1) is 18.7 Å². The van der Waals surface area contributed by atoms with Gasteiger partial charge in [-0.25, -0.2) is 4.68 Å². The highest BCUT2D eigenvalue weighted by Gasteiger charge is 2.37. The lowest BCUT2D eigenvalue weighted by atomic mass is 10.1. The fourth-order valence-corrected chi connectivity index (χ4v) is 3.71. The fraction of sp³-hybridized carbons (Fsp3) is 0.261. The Labute approximate surface area is 175 Å². The predicted octanol–water partition coefficient (Wildman–Crippen LogP) is 3.84. The summed E-state index contributed by atoms with van der Waals surface area (Å²) in [5.74, 6) is 0.124. The van der Waals surface area contributed by atoms with Crippen molar-refractivity contribution >= 4 is 23.3 Å². The minimum absolute atomic E-state index is 0.00541. The summed E-state index contributed by atoms with van der Waals surface area (Å²) >= 11 is 0. The second kappa shape index (κ2) is 8.12. The molecule has 2 amide bonds. The van der Waals surface area contributed by atoms with E-state index in [9.17, 15) is 9.59 Å². The quantitative estimate of drug-likeness (QED) is 0.654. The van der Waals surface area contributed by atoms with Gasteiger partial charge in [-0.15, -0.1) is 0 Å². The summed E-state index contributed by atoms with van der Waals surface area (Å²) < 4.78 is 6.92. The molecule has 1 atom stereocenters. The lowest BCUT2D eigenvalue weighted by Gasteiger charge is -2.12. The van der Waals surface area contributed by atoms with E-state index in [1.54, 1.807) is 11.8 Å². The number of aromatic nitrogens is 2. The molecule has 30 heavy (non-hydrogen) atoms. The van der Waals surface area contributed by atoms with Gasteiger partial charge in [-0.1, -0.05) is 42.5 Å². The molecule has 0 radical (unpaired) electrons. The number of carbonyl (C=O) groups is 2. The number of hydrogen-bond donors (Lipinski definition) is 2. The van der Waals surface area contributed by atoms with Crippen molar-refractivity contribution in [3.05, 3.63) is 65.4 Å². The van der Waals surface area contributed by atoms with Gasteiger partial charge < -0.3 is 15.4 Å². The molecule has 1 aliphatic rings. The predicted molar refractivity (Wildman–Crippen MR) is 115 cm³/mol. The molecule has 7 heteroatoms. The monoisotopic (exact) mass is 404 g/mol. The highest BCUT2D eigenvalue weighted by Crippen LogP contribution is 2.38. The summed E-state index contributed by atoms with van der Waals surface area (Å²) in [7, 11) is 1.60. The molecule has 1 unspecified atom stereocenters. The molecular weight excluding hydrogens is 380 g/mol. The molecule has 0 saturated carbocycles. The third-order valence-corrected chi connectivity index (χ3v) is 5.21. The van der Waals surface area contributed by atoms with Crippen LogP contribution in [-0.4, -0.2) is 28.7 Å². The summed E-state index contributed by atoms with van der Waals surface area (Å²) in [6, 6.07) is 14.9. The molecule has 7 nitrogen and oxygen atoms in total. The molecule has 0 aliphatic carbocycles. The highest BCUT2D eigenvalue weighted by molar-refractivity contribution is 6.04. The Balaban J connectivity index is 1.62. The summed E-state index contributed by atoms with van der Waals surface area (Å²) in [5, 5.41) is 10.4. The first-order chi connectivity index (χ1) is 14.5. The number of rotatable bonds is 6. The largest absolute Gasteiger partial charge is 0.378 e. The van der Waals surface area contributed by atoms with Crippen LogP contribution in [0.5, 0.6) is 0 Å². The number of hydrogen-bond acceptors (Lipinski definition) is 4. The van der Waals surface area contributed by atoms with Crippen molar-refractivity contribution < 1.29 is 14.3 Å². The maximum atomic E-state index is 12.7. The van der Waals surface area contributed by atoms with Crippen LogP contribution in [0.4, 0.5) is 11.5 Å². The first kappa shape index (κ1) is 19.8. The molecule has 0 spiro atoms. The second-order valence-electron chi connectivity index (χ2n) is 7.49. The molecule has 2 N–H and O–H groups in total. The number of anilines is 2. The molecule has 2 aromatic carbocycles. The zero-order valence-corrected chi connectivity index (χ0v) is 17.2. The van der Waals surface area contributed by atoms with Crippen molar-refractivity contribution in [1.29, 1.82) is 0 Å². The number of ether oxygens (including phenoxy) is 1. The van der Waals surface area contributed by atoms with Crippen molar-refractivity contribution in [3.8, 4) is 11.1 Å². The molecule has 0 fully saturated rings. The molecule has 2 heterocycles. The van der Waals surface area contributed by atoms with E-state index in [-0.39, 0.29) is 18.2 Å². The van der Waals surface area contributed by atoms with E-state index in [2.05, 4.69) is 15.7 Å². The van der Waals surface area contributed by atoms with E-state index >= 15 is 0 Å². The maximum Gasteiger partial charge on any atom is 0.251 e. The van der Waals surface area contributed by atoms with Crippen LogP contribution in [0.15, 0.2) is 48.5 Å². The minimum Gasteiger partial charge on any atom is -0.378 e. The first-order valence-corrected chi connectivity index (χ1v) is 9.81. The highest BCUT2D eigenvalue weighted by atomic mass is 16.5. The molecule has 4 rings (SSSR count). The van der Waals surface area contributed by atoms with E-state index in [0.29, 0.717) is 12.4 Å². The van der Waals surface area contributed by atoms with Crippen LogP contribution in [-0.2, 0) is 20.9 Å². The molecule has 0 saturated heterocycles. The van der Waals surface area contributed by atoms with Crippen molar-refractivity contribution in [2.45, 2.75) is 32.9 Å². The van der Waals surface area contributed by atoms with Gasteiger partial charge in [0.2, 0.25) is 5.91 Å². The van der Waals surface area contributed by atoms with Gasteiger partial charge in [0.1, 0.15) is 11.9 Å². The van der Waals surface area contributed by atoms with Crippen molar-refractivity contribution in [2.75, 3.05) is 17.7 Å². The smallest absolute Gasteiger partial charge is 0.251 e. The number of benzene rings is 2. The molecular formula is C23H24N4O3. The van der Waals surface area contributed by atoms with E-state index in [1.165, 1.54) is 0 Å². The van der Waals surface area contributed by atoms with Gasteiger partial charge in [0, 0.05) is 18.4 Å². The number of carbonyl (C=O) groups excluding carboxylic acids is 2. The minimum atomic E-state index is -0.710. The van der Waals surface area contributed by atoms with Crippen LogP contribution in [0.1, 0.15) is 29.3 Å². The zero-order valence-electron chi connectivity index (χ0n) is 17.2. The Morgan fingerprint density at radius 1 is 1.20 bits per heavy atom. The van der Waals surface area contributed by atoms with Crippen molar-refractivity contribution in [3.63, 3.8) is 0 Å². The van der Waals surface area contributed by atoms with Crippen LogP contribution in [0.2, 0.25) is 0 Å². The summed E-state index contributed by atoms with van der Waals surface area (Å²) in [4.78, 5) is 25.4. The normalized spacial score (nSPS) is 15.0. The number of amides is 2. The third kappa shape index (κ3) is 3.71. The Morgan fingerprint density at radius 2 is 1.97 bits per heavy atom. The SMILES string of the molecule is COCc1nn2c(c1-c1ccccc1)NC(=O)C2CC(=O)Nc1cc(C)ccc1C. The third-order valence-electron chi connectivity index (χ3n) is 5.21. The van der Waals surface area contributed by atoms with Gasteiger partial charge in [-0.05, 0) is 36.6 Å². The van der Waals surface area contributed by atoms with Crippen LogP contribution in [0, 0.1) is 13.8 Å². The standard InChI is InChI=1S/C23H24N4O3/c1-14-9-10-15(2)17(11-14)24-20(28)12-19-23(29)25-22-21(16-7-5-4-6-8-16)18(13-30-3)26-27(19)22/h4-11,19H,12-13H2,1-3H3,(H,24,28)(H,25,29). The van der Waals surface area contributed by atoms with E-state index in [1.807, 2.05) is 62.4 Å². The van der Waals surface area contributed by atoms with Crippen LogP contribution < -0.4 is 10.6 Å². The van der Waals surface area contributed by atoms with E-state index < -0.39 is 6.04 Å². The number of nitrogens with zero attached hydrogens (tertiary/aromatic N) is 2.